The first-order valence-electron chi connectivity index (χ1n) is 6.65. The predicted octanol–water partition coefficient (Wildman–Crippen LogP) is 2.73. The largest absolute Gasteiger partial charge is 0.392 e. The second-order valence-corrected chi connectivity index (χ2v) is 4.93. The van der Waals surface area contributed by atoms with Crippen LogP contribution in [0.15, 0.2) is 42.5 Å². The summed E-state index contributed by atoms with van der Waals surface area (Å²) in [6, 6.07) is 13.3. The zero-order valence-electron chi connectivity index (χ0n) is 11.8. The molecule has 0 radical (unpaired) electrons. The highest BCUT2D eigenvalue weighted by molar-refractivity contribution is 5.95. The smallest absolute Gasteiger partial charge is 0.251 e. The molecule has 20 heavy (non-hydrogen) atoms. The Labute approximate surface area is 119 Å². The van der Waals surface area contributed by atoms with Crippen LogP contribution in [0.3, 0.4) is 0 Å². The van der Waals surface area contributed by atoms with Gasteiger partial charge in [0.05, 0.1) is 6.61 Å². The highest BCUT2D eigenvalue weighted by Crippen LogP contribution is 2.12. The van der Waals surface area contributed by atoms with E-state index in [-0.39, 0.29) is 12.5 Å². The van der Waals surface area contributed by atoms with Crippen molar-refractivity contribution >= 4 is 5.91 Å². The van der Waals surface area contributed by atoms with Gasteiger partial charge in [-0.05, 0) is 36.6 Å². The van der Waals surface area contributed by atoms with Crippen molar-refractivity contribution in [2.24, 2.45) is 0 Å². The maximum atomic E-state index is 12.2. The maximum Gasteiger partial charge on any atom is 0.251 e. The Balaban J connectivity index is 2.09. The van der Waals surface area contributed by atoms with E-state index in [1.807, 2.05) is 56.3 Å². The van der Waals surface area contributed by atoms with E-state index in [0.717, 1.165) is 22.3 Å². The third kappa shape index (κ3) is 3.25. The molecular weight excluding hydrogens is 250 g/mol. The number of carbonyl (C=O) groups is 1. The first-order chi connectivity index (χ1) is 9.61. The maximum absolute atomic E-state index is 12.2. The van der Waals surface area contributed by atoms with Crippen molar-refractivity contribution in [1.29, 1.82) is 0 Å². The molecular formula is C17H19NO2. The molecule has 0 spiro atoms. The van der Waals surface area contributed by atoms with Gasteiger partial charge in [-0.25, -0.2) is 0 Å². The van der Waals surface area contributed by atoms with Gasteiger partial charge in [0.1, 0.15) is 0 Å². The van der Waals surface area contributed by atoms with Gasteiger partial charge in [0, 0.05) is 12.1 Å². The van der Waals surface area contributed by atoms with E-state index in [2.05, 4.69) is 5.32 Å². The van der Waals surface area contributed by atoms with Crippen molar-refractivity contribution in [2.75, 3.05) is 0 Å². The van der Waals surface area contributed by atoms with Gasteiger partial charge in [0.15, 0.2) is 0 Å². The summed E-state index contributed by atoms with van der Waals surface area (Å²) >= 11 is 0. The first kappa shape index (κ1) is 14.3. The van der Waals surface area contributed by atoms with Gasteiger partial charge in [-0.1, -0.05) is 42.0 Å². The summed E-state index contributed by atoms with van der Waals surface area (Å²) in [5.41, 5.74) is 4.58. The number of amides is 1. The molecule has 0 saturated heterocycles. The van der Waals surface area contributed by atoms with E-state index in [1.54, 1.807) is 0 Å². The number of aliphatic hydroxyl groups excluding tert-OH is 1. The number of aliphatic hydroxyl groups is 1. The molecule has 0 saturated carbocycles. The molecule has 2 aromatic carbocycles. The minimum absolute atomic E-state index is 0.0183. The van der Waals surface area contributed by atoms with Crippen LogP contribution in [0.4, 0.5) is 0 Å². The van der Waals surface area contributed by atoms with Gasteiger partial charge >= 0.3 is 0 Å². The van der Waals surface area contributed by atoms with E-state index in [1.165, 1.54) is 0 Å². The predicted molar refractivity (Wildman–Crippen MR) is 79.5 cm³/mol. The fourth-order valence-electron chi connectivity index (χ4n) is 2.22. The second-order valence-electron chi connectivity index (χ2n) is 4.93. The van der Waals surface area contributed by atoms with E-state index in [9.17, 15) is 9.90 Å². The molecule has 0 atom stereocenters. The molecule has 0 aliphatic rings. The molecule has 2 N–H and O–H groups in total. The second kappa shape index (κ2) is 6.35. The minimum atomic E-state index is -0.0877. The van der Waals surface area contributed by atoms with Gasteiger partial charge in [-0.15, -0.1) is 0 Å². The molecule has 1 amide bonds. The molecule has 0 heterocycles. The molecule has 0 aliphatic heterocycles. The molecule has 2 rings (SSSR count). The SMILES string of the molecule is Cc1ccc(C(=O)NCc2ccccc2CO)c(C)c1. The van der Waals surface area contributed by atoms with Crippen molar-refractivity contribution < 1.29 is 9.90 Å². The minimum Gasteiger partial charge on any atom is -0.392 e. The molecule has 0 aliphatic carbocycles. The lowest BCUT2D eigenvalue weighted by Crippen LogP contribution is -2.24. The van der Waals surface area contributed by atoms with E-state index in [4.69, 9.17) is 0 Å². The zero-order chi connectivity index (χ0) is 14.5. The topological polar surface area (TPSA) is 49.3 Å². The third-order valence-corrected chi connectivity index (χ3v) is 3.35. The van der Waals surface area contributed by atoms with Crippen LogP contribution in [-0.2, 0) is 13.2 Å². The standard InChI is InChI=1S/C17H19NO2/c1-12-7-8-16(13(2)9-12)17(20)18-10-14-5-3-4-6-15(14)11-19/h3-9,19H,10-11H2,1-2H3,(H,18,20). The lowest BCUT2D eigenvalue weighted by molar-refractivity contribution is 0.0950. The number of benzene rings is 2. The van der Waals surface area contributed by atoms with Crippen LogP contribution in [0.25, 0.3) is 0 Å². The quantitative estimate of drug-likeness (QED) is 0.896. The summed E-state index contributed by atoms with van der Waals surface area (Å²) < 4.78 is 0. The number of rotatable bonds is 4. The Morgan fingerprint density at radius 2 is 1.80 bits per heavy atom. The Kier molecular flexibility index (Phi) is 4.53. The van der Waals surface area contributed by atoms with Crippen molar-refractivity contribution in [2.45, 2.75) is 27.0 Å². The van der Waals surface area contributed by atoms with E-state index >= 15 is 0 Å². The van der Waals surface area contributed by atoms with Crippen LogP contribution in [-0.4, -0.2) is 11.0 Å². The molecule has 0 aromatic heterocycles. The summed E-state index contributed by atoms with van der Waals surface area (Å²) in [5, 5.41) is 12.2. The molecule has 104 valence electrons. The lowest BCUT2D eigenvalue weighted by atomic mass is 10.0. The summed E-state index contributed by atoms with van der Waals surface area (Å²) in [5.74, 6) is -0.0877. The summed E-state index contributed by atoms with van der Waals surface area (Å²) in [7, 11) is 0. The van der Waals surface area contributed by atoms with E-state index in [0.29, 0.717) is 12.1 Å². The first-order valence-corrected chi connectivity index (χ1v) is 6.65. The van der Waals surface area contributed by atoms with Gasteiger partial charge < -0.3 is 10.4 Å². The highest BCUT2D eigenvalue weighted by atomic mass is 16.3. The van der Waals surface area contributed by atoms with Crippen molar-refractivity contribution in [1.82, 2.24) is 5.32 Å². The Bertz CT molecular complexity index is 620. The normalized spacial score (nSPS) is 10.3. The molecule has 3 heteroatoms. The van der Waals surface area contributed by atoms with Crippen molar-refractivity contribution in [3.8, 4) is 0 Å². The van der Waals surface area contributed by atoms with Gasteiger partial charge in [-0.2, -0.15) is 0 Å². The average Bonchev–Trinajstić information content (AvgIpc) is 2.45. The van der Waals surface area contributed by atoms with Crippen LogP contribution < -0.4 is 5.32 Å². The van der Waals surface area contributed by atoms with Crippen molar-refractivity contribution in [3.05, 3.63) is 70.3 Å². The van der Waals surface area contributed by atoms with Gasteiger partial charge in [0.2, 0.25) is 0 Å². The molecule has 0 bridgehead atoms. The Morgan fingerprint density at radius 1 is 1.10 bits per heavy atom. The fourth-order valence-corrected chi connectivity index (χ4v) is 2.22. The lowest BCUT2D eigenvalue weighted by Gasteiger charge is -2.10. The Hall–Kier alpha value is -2.13. The number of nitrogens with one attached hydrogen (secondary N) is 1. The molecule has 0 fully saturated rings. The van der Waals surface area contributed by atoms with Gasteiger partial charge in [0.25, 0.3) is 5.91 Å². The fraction of sp³-hybridized carbons (Fsp3) is 0.235. The van der Waals surface area contributed by atoms with Gasteiger partial charge in [-0.3, -0.25) is 4.79 Å². The third-order valence-electron chi connectivity index (χ3n) is 3.35. The summed E-state index contributed by atoms with van der Waals surface area (Å²) in [6.45, 7) is 4.34. The monoisotopic (exact) mass is 269 g/mol. The van der Waals surface area contributed by atoms with Crippen LogP contribution in [0.5, 0.6) is 0 Å². The van der Waals surface area contributed by atoms with Crippen LogP contribution in [0.2, 0.25) is 0 Å². The number of hydrogen-bond acceptors (Lipinski definition) is 2. The molecule has 2 aromatic rings. The molecule has 0 unspecified atom stereocenters. The van der Waals surface area contributed by atoms with E-state index < -0.39 is 0 Å². The van der Waals surface area contributed by atoms with Crippen molar-refractivity contribution in [3.63, 3.8) is 0 Å². The Morgan fingerprint density at radius 3 is 2.45 bits per heavy atom. The summed E-state index contributed by atoms with van der Waals surface area (Å²) in [4.78, 5) is 12.2. The molecule has 3 nitrogen and oxygen atoms in total. The summed E-state index contributed by atoms with van der Waals surface area (Å²) in [6.07, 6.45) is 0. The average molecular weight is 269 g/mol. The van der Waals surface area contributed by atoms with Crippen LogP contribution in [0.1, 0.15) is 32.6 Å². The highest BCUT2D eigenvalue weighted by Gasteiger charge is 2.09. The number of hydrogen-bond donors (Lipinski definition) is 2. The number of aryl methyl sites for hydroxylation is 2. The van der Waals surface area contributed by atoms with Crippen LogP contribution in [0, 0.1) is 13.8 Å². The van der Waals surface area contributed by atoms with Crippen LogP contribution >= 0.6 is 0 Å². The number of carbonyl (C=O) groups excluding carboxylic acids is 1. The zero-order valence-corrected chi connectivity index (χ0v) is 11.8.